The van der Waals surface area contributed by atoms with Crippen LogP contribution in [0.5, 0.6) is 0 Å². The van der Waals surface area contributed by atoms with Gasteiger partial charge in [-0.2, -0.15) is 5.10 Å². The van der Waals surface area contributed by atoms with E-state index in [1.54, 1.807) is 6.20 Å². The van der Waals surface area contributed by atoms with Crippen molar-refractivity contribution in [2.45, 2.75) is 37.8 Å². The summed E-state index contributed by atoms with van der Waals surface area (Å²) in [6.45, 7) is 2.55. The molecule has 4 nitrogen and oxygen atoms in total. The van der Waals surface area contributed by atoms with Crippen LogP contribution in [-0.2, 0) is 0 Å². The quantitative estimate of drug-likeness (QED) is 0.817. The van der Waals surface area contributed by atoms with Gasteiger partial charge in [0, 0.05) is 24.8 Å². The van der Waals surface area contributed by atoms with Crippen LogP contribution in [0.4, 0.5) is 5.82 Å². The van der Waals surface area contributed by atoms with Gasteiger partial charge in [0.2, 0.25) is 0 Å². The summed E-state index contributed by atoms with van der Waals surface area (Å²) in [5, 5.41) is 11.5. The first kappa shape index (κ1) is 10.0. The van der Waals surface area contributed by atoms with Crippen molar-refractivity contribution < 1.29 is 0 Å². The molecule has 1 N–H and O–H groups in total. The van der Waals surface area contributed by atoms with Gasteiger partial charge in [0.25, 0.3) is 0 Å². The third kappa shape index (κ3) is 2.02. The second-order valence-electron chi connectivity index (χ2n) is 4.81. The van der Waals surface area contributed by atoms with Crippen LogP contribution in [-0.4, -0.2) is 40.3 Å². The SMILES string of the molecule is c1cnnc(NC2CCN3CCCC3C2)c1. The molecule has 2 aliphatic heterocycles. The van der Waals surface area contributed by atoms with Gasteiger partial charge >= 0.3 is 0 Å². The van der Waals surface area contributed by atoms with Crippen molar-refractivity contribution in [1.29, 1.82) is 0 Å². The lowest BCUT2D eigenvalue weighted by molar-refractivity contribution is 0.188. The van der Waals surface area contributed by atoms with Crippen molar-refractivity contribution in [3.8, 4) is 0 Å². The Morgan fingerprint density at radius 2 is 2.31 bits per heavy atom. The van der Waals surface area contributed by atoms with E-state index in [4.69, 9.17) is 0 Å². The number of anilines is 1. The Hall–Kier alpha value is -1.16. The highest BCUT2D eigenvalue weighted by molar-refractivity contribution is 5.33. The maximum atomic E-state index is 4.08. The van der Waals surface area contributed by atoms with Crippen LogP contribution in [0.15, 0.2) is 18.3 Å². The van der Waals surface area contributed by atoms with Gasteiger partial charge in [-0.05, 0) is 44.4 Å². The highest BCUT2D eigenvalue weighted by Crippen LogP contribution is 2.27. The Kier molecular flexibility index (Phi) is 2.74. The third-order valence-corrected chi connectivity index (χ3v) is 3.74. The van der Waals surface area contributed by atoms with Gasteiger partial charge in [0.1, 0.15) is 5.82 Å². The van der Waals surface area contributed by atoms with Gasteiger partial charge < -0.3 is 10.2 Å². The van der Waals surface area contributed by atoms with E-state index in [9.17, 15) is 0 Å². The molecule has 2 fully saturated rings. The molecule has 2 atom stereocenters. The summed E-state index contributed by atoms with van der Waals surface area (Å²) < 4.78 is 0. The number of fused-ring (bicyclic) bond motifs is 1. The van der Waals surface area contributed by atoms with Gasteiger partial charge in [-0.25, -0.2) is 0 Å². The van der Waals surface area contributed by atoms with E-state index in [2.05, 4.69) is 20.4 Å². The Labute approximate surface area is 96.1 Å². The Morgan fingerprint density at radius 3 is 3.19 bits per heavy atom. The molecule has 0 radical (unpaired) electrons. The molecular formula is C12H18N4. The van der Waals surface area contributed by atoms with Crippen molar-refractivity contribution in [3.05, 3.63) is 18.3 Å². The zero-order chi connectivity index (χ0) is 10.8. The summed E-state index contributed by atoms with van der Waals surface area (Å²) >= 11 is 0. The van der Waals surface area contributed by atoms with Crippen molar-refractivity contribution in [2.24, 2.45) is 0 Å². The van der Waals surface area contributed by atoms with E-state index in [1.807, 2.05) is 12.1 Å². The predicted molar refractivity (Wildman–Crippen MR) is 63.3 cm³/mol. The van der Waals surface area contributed by atoms with Gasteiger partial charge in [0.15, 0.2) is 0 Å². The third-order valence-electron chi connectivity index (χ3n) is 3.74. The minimum absolute atomic E-state index is 0.580. The smallest absolute Gasteiger partial charge is 0.148 e. The fourth-order valence-corrected chi connectivity index (χ4v) is 2.94. The molecule has 2 aliphatic rings. The molecule has 16 heavy (non-hydrogen) atoms. The zero-order valence-electron chi connectivity index (χ0n) is 9.47. The van der Waals surface area contributed by atoms with E-state index in [-0.39, 0.29) is 0 Å². The van der Waals surface area contributed by atoms with Crippen LogP contribution in [0.1, 0.15) is 25.7 Å². The van der Waals surface area contributed by atoms with E-state index in [0.717, 1.165) is 11.9 Å². The predicted octanol–water partition coefficient (Wildman–Crippen LogP) is 1.52. The highest BCUT2D eigenvalue weighted by Gasteiger charge is 2.31. The van der Waals surface area contributed by atoms with E-state index >= 15 is 0 Å². The summed E-state index contributed by atoms with van der Waals surface area (Å²) in [5.74, 6) is 0.916. The molecule has 4 heteroatoms. The molecule has 2 unspecified atom stereocenters. The lowest BCUT2D eigenvalue weighted by Gasteiger charge is -2.35. The van der Waals surface area contributed by atoms with E-state index in [0.29, 0.717) is 6.04 Å². The number of piperidine rings is 1. The maximum absolute atomic E-state index is 4.08. The lowest BCUT2D eigenvalue weighted by Crippen LogP contribution is -2.42. The highest BCUT2D eigenvalue weighted by atomic mass is 15.2. The molecule has 0 saturated carbocycles. The van der Waals surface area contributed by atoms with Gasteiger partial charge in [0.05, 0.1) is 0 Å². The van der Waals surface area contributed by atoms with Crippen LogP contribution >= 0.6 is 0 Å². The van der Waals surface area contributed by atoms with Crippen LogP contribution in [0.2, 0.25) is 0 Å². The number of hydrogen-bond acceptors (Lipinski definition) is 4. The van der Waals surface area contributed by atoms with Crippen LogP contribution in [0.25, 0.3) is 0 Å². The lowest BCUT2D eigenvalue weighted by atomic mass is 9.98. The van der Waals surface area contributed by atoms with Crippen molar-refractivity contribution in [3.63, 3.8) is 0 Å². The molecule has 0 amide bonds. The normalized spacial score (nSPS) is 30.0. The molecule has 1 aromatic rings. The number of hydrogen-bond donors (Lipinski definition) is 1. The topological polar surface area (TPSA) is 41.1 Å². The van der Waals surface area contributed by atoms with Crippen LogP contribution in [0, 0.1) is 0 Å². The largest absolute Gasteiger partial charge is 0.366 e. The van der Waals surface area contributed by atoms with Crippen LogP contribution < -0.4 is 5.32 Å². The summed E-state index contributed by atoms with van der Waals surface area (Å²) in [6.07, 6.45) is 6.95. The fourth-order valence-electron chi connectivity index (χ4n) is 2.94. The minimum atomic E-state index is 0.580. The summed E-state index contributed by atoms with van der Waals surface area (Å²) in [5.41, 5.74) is 0. The van der Waals surface area contributed by atoms with Gasteiger partial charge in [-0.15, -0.1) is 5.10 Å². The molecule has 0 aromatic carbocycles. The van der Waals surface area contributed by atoms with Crippen molar-refractivity contribution >= 4 is 5.82 Å². The second-order valence-corrected chi connectivity index (χ2v) is 4.81. The summed E-state index contributed by atoms with van der Waals surface area (Å²) in [7, 11) is 0. The Morgan fingerprint density at radius 1 is 1.31 bits per heavy atom. The molecule has 2 saturated heterocycles. The molecule has 0 bridgehead atoms. The monoisotopic (exact) mass is 218 g/mol. The number of nitrogens with one attached hydrogen (secondary N) is 1. The molecular weight excluding hydrogens is 200 g/mol. The average molecular weight is 218 g/mol. The summed E-state index contributed by atoms with van der Waals surface area (Å²) in [6, 6.07) is 5.31. The van der Waals surface area contributed by atoms with Gasteiger partial charge in [-0.3, -0.25) is 0 Å². The van der Waals surface area contributed by atoms with E-state index in [1.165, 1.54) is 38.8 Å². The second kappa shape index (κ2) is 4.37. The average Bonchev–Trinajstić information content (AvgIpc) is 2.77. The number of rotatable bonds is 2. The number of aromatic nitrogens is 2. The first-order chi connectivity index (χ1) is 7.92. The maximum Gasteiger partial charge on any atom is 0.148 e. The molecule has 1 aromatic heterocycles. The van der Waals surface area contributed by atoms with Crippen molar-refractivity contribution in [2.75, 3.05) is 18.4 Å². The first-order valence-electron chi connectivity index (χ1n) is 6.20. The minimum Gasteiger partial charge on any atom is -0.366 e. The molecule has 0 spiro atoms. The van der Waals surface area contributed by atoms with Crippen LogP contribution in [0.3, 0.4) is 0 Å². The molecule has 3 rings (SSSR count). The number of nitrogens with zero attached hydrogens (tertiary/aromatic N) is 3. The van der Waals surface area contributed by atoms with Crippen molar-refractivity contribution in [1.82, 2.24) is 15.1 Å². The van der Waals surface area contributed by atoms with Gasteiger partial charge in [-0.1, -0.05) is 0 Å². The Balaban J connectivity index is 1.60. The molecule has 3 heterocycles. The first-order valence-corrected chi connectivity index (χ1v) is 6.20. The Bertz CT molecular complexity index is 340. The fraction of sp³-hybridized carbons (Fsp3) is 0.667. The standard InChI is InChI=1S/C12H18N4/c1-4-12(15-13-6-1)14-10-5-8-16-7-2-3-11(16)9-10/h1,4,6,10-11H,2-3,5,7-9H2,(H,14,15). The summed E-state index contributed by atoms with van der Waals surface area (Å²) in [4.78, 5) is 2.63. The van der Waals surface area contributed by atoms with E-state index < -0.39 is 0 Å². The zero-order valence-corrected chi connectivity index (χ0v) is 9.47. The molecule has 0 aliphatic carbocycles. The molecule has 86 valence electrons.